The molecule has 2 aromatic heterocycles. The monoisotopic (exact) mass is 577 g/mol. The zero-order chi connectivity index (χ0) is 28.8. The molecule has 2 aromatic rings. The molecular formula is C32H47N7OS. The lowest BCUT2D eigenvalue weighted by Gasteiger charge is -2.48. The number of hydrogen-bond donors (Lipinski definition) is 4. The second kappa shape index (κ2) is 13.7. The molecule has 9 heteroatoms. The first-order chi connectivity index (χ1) is 19.8. The first-order valence-corrected chi connectivity index (χ1v) is 16.6. The van der Waals surface area contributed by atoms with Crippen molar-refractivity contribution in [3.8, 4) is 6.07 Å². The number of nitrogens with one attached hydrogen (secondary N) is 3. The van der Waals surface area contributed by atoms with E-state index in [1.54, 1.807) is 18.0 Å². The Morgan fingerprint density at radius 3 is 2.71 bits per heavy atom. The number of nitriles is 1. The molecule has 2 heterocycles. The van der Waals surface area contributed by atoms with Crippen molar-refractivity contribution in [3.63, 3.8) is 0 Å². The Kier molecular flexibility index (Phi) is 10.1. The van der Waals surface area contributed by atoms with Gasteiger partial charge in [0.1, 0.15) is 22.5 Å². The van der Waals surface area contributed by atoms with E-state index in [-0.39, 0.29) is 0 Å². The Hall–Kier alpha value is -2.41. The molecule has 0 aromatic carbocycles. The van der Waals surface area contributed by atoms with Gasteiger partial charge >= 0.3 is 0 Å². The zero-order valence-electron chi connectivity index (χ0n) is 24.9. The van der Waals surface area contributed by atoms with E-state index in [0.717, 1.165) is 61.0 Å². The molecule has 4 N–H and O–H groups in total. The van der Waals surface area contributed by atoms with Gasteiger partial charge in [-0.3, -0.25) is 0 Å². The van der Waals surface area contributed by atoms with E-state index >= 15 is 0 Å². The van der Waals surface area contributed by atoms with Crippen LogP contribution in [0.3, 0.4) is 0 Å². The number of nitrogens with zero attached hydrogens (tertiary/aromatic N) is 4. The summed E-state index contributed by atoms with van der Waals surface area (Å²) in [6, 6.07) is 6.86. The molecular weight excluding hydrogens is 530 g/mol. The highest BCUT2D eigenvalue weighted by Crippen LogP contribution is 2.45. The molecule has 0 spiro atoms. The van der Waals surface area contributed by atoms with Crippen LogP contribution in [0.1, 0.15) is 83.3 Å². The largest absolute Gasteiger partial charge is 0.390 e. The third kappa shape index (κ3) is 7.91. The number of aliphatic hydroxyl groups is 1. The summed E-state index contributed by atoms with van der Waals surface area (Å²) in [6.07, 6.45) is 12.6. The van der Waals surface area contributed by atoms with Gasteiger partial charge in [-0.1, -0.05) is 19.9 Å². The van der Waals surface area contributed by atoms with Gasteiger partial charge in [0.15, 0.2) is 0 Å². The lowest BCUT2D eigenvalue weighted by molar-refractivity contribution is 0.00543. The lowest BCUT2D eigenvalue weighted by Crippen LogP contribution is -2.51. The molecule has 3 fully saturated rings. The van der Waals surface area contributed by atoms with Gasteiger partial charge in [-0.05, 0) is 106 Å². The van der Waals surface area contributed by atoms with Crippen LogP contribution in [0.2, 0.25) is 0 Å². The Bertz CT molecular complexity index is 1190. The Morgan fingerprint density at radius 2 is 1.93 bits per heavy atom. The first-order valence-electron chi connectivity index (χ1n) is 15.6. The number of thioether (sulfide) groups is 1. The molecule has 41 heavy (non-hydrogen) atoms. The molecule has 222 valence electrons. The predicted molar refractivity (Wildman–Crippen MR) is 166 cm³/mol. The topological polar surface area (TPSA) is 119 Å². The second-order valence-corrected chi connectivity index (χ2v) is 14.2. The highest BCUT2D eigenvalue weighted by atomic mass is 32.2. The molecule has 3 aliphatic rings. The van der Waals surface area contributed by atoms with E-state index in [2.05, 4.69) is 51.9 Å². The van der Waals surface area contributed by atoms with Crippen LogP contribution < -0.4 is 16.0 Å². The summed E-state index contributed by atoms with van der Waals surface area (Å²) in [6.45, 7) is 9.04. The van der Waals surface area contributed by atoms with Gasteiger partial charge in [-0.2, -0.15) is 10.2 Å². The van der Waals surface area contributed by atoms with E-state index in [9.17, 15) is 10.4 Å². The third-order valence-corrected chi connectivity index (χ3v) is 10.6. The van der Waals surface area contributed by atoms with Gasteiger partial charge in [-0.25, -0.2) is 9.97 Å². The fraction of sp³-hybridized carbons (Fsp3) is 0.688. The molecule has 3 aliphatic carbocycles. The summed E-state index contributed by atoms with van der Waals surface area (Å²) < 4.78 is 0. The average molecular weight is 578 g/mol. The van der Waals surface area contributed by atoms with Crippen LogP contribution in [0.4, 0.5) is 11.8 Å². The molecule has 8 nitrogen and oxygen atoms in total. The molecule has 0 radical (unpaired) electrons. The number of fused-ring (bicyclic) bond motifs is 2. The van der Waals surface area contributed by atoms with E-state index in [4.69, 9.17) is 4.98 Å². The van der Waals surface area contributed by atoms with Gasteiger partial charge in [0.05, 0.1) is 11.8 Å². The van der Waals surface area contributed by atoms with E-state index in [1.807, 2.05) is 19.2 Å². The van der Waals surface area contributed by atoms with Crippen molar-refractivity contribution in [2.75, 3.05) is 29.5 Å². The van der Waals surface area contributed by atoms with Crippen LogP contribution in [-0.4, -0.2) is 50.5 Å². The smallest absolute Gasteiger partial charge is 0.224 e. The number of aromatic nitrogens is 3. The van der Waals surface area contributed by atoms with Crippen LogP contribution in [0.15, 0.2) is 29.6 Å². The fourth-order valence-corrected chi connectivity index (χ4v) is 8.24. The minimum Gasteiger partial charge on any atom is -0.390 e. The number of pyridine rings is 1. The van der Waals surface area contributed by atoms with Gasteiger partial charge in [-0.15, -0.1) is 11.8 Å². The van der Waals surface area contributed by atoms with Gasteiger partial charge in [0.2, 0.25) is 5.95 Å². The summed E-state index contributed by atoms with van der Waals surface area (Å²) in [7, 11) is 0. The summed E-state index contributed by atoms with van der Waals surface area (Å²) in [4.78, 5) is 13.6. The van der Waals surface area contributed by atoms with Gasteiger partial charge in [0.25, 0.3) is 0 Å². The average Bonchev–Trinajstić information content (AvgIpc) is 2.96. The van der Waals surface area contributed by atoms with Crippen molar-refractivity contribution in [1.29, 1.82) is 5.26 Å². The van der Waals surface area contributed by atoms with Crippen molar-refractivity contribution in [1.82, 2.24) is 20.3 Å². The van der Waals surface area contributed by atoms with Crippen molar-refractivity contribution < 1.29 is 5.11 Å². The third-order valence-electron chi connectivity index (χ3n) is 9.62. The molecule has 3 saturated carbocycles. The van der Waals surface area contributed by atoms with E-state index in [0.29, 0.717) is 53.6 Å². The van der Waals surface area contributed by atoms with Crippen molar-refractivity contribution in [3.05, 3.63) is 35.7 Å². The van der Waals surface area contributed by atoms with E-state index < -0.39 is 5.60 Å². The molecule has 0 aliphatic heterocycles. The Balaban J connectivity index is 1.16. The highest BCUT2D eigenvalue weighted by molar-refractivity contribution is 7.99. The molecule has 0 saturated heterocycles. The van der Waals surface area contributed by atoms with Crippen LogP contribution in [0, 0.1) is 40.9 Å². The quantitative estimate of drug-likeness (QED) is 0.244. The molecule has 2 bridgehead atoms. The summed E-state index contributed by atoms with van der Waals surface area (Å²) >= 11 is 1.73. The standard InChI is InChI=1S/C32H47N7OS/c1-4-41-30-25(6-5-11-34-30)19-37-31-38-20-27(16-33)29(39-31)36-18-24-13-23-12-21(2)28(26(14-23)15-24)35-17-22-7-9-32(3,40)10-8-22/h5-6,11,20-24,26,28,35,40H,4,7-10,12-15,17-19H2,1-3H3,(H2,36,37,38,39)/t21-,22-,23?,24-,26-,28+,32+/m1/s1. The first kappa shape index (κ1) is 30.1. The van der Waals surface area contributed by atoms with Crippen molar-refractivity contribution >= 4 is 23.5 Å². The van der Waals surface area contributed by atoms with Crippen molar-refractivity contribution in [2.45, 2.75) is 95.4 Å². The maximum absolute atomic E-state index is 10.3. The molecule has 5 rings (SSSR count). The minimum atomic E-state index is -0.464. The molecule has 5 atom stereocenters. The second-order valence-electron chi connectivity index (χ2n) is 13.0. The maximum Gasteiger partial charge on any atom is 0.224 e. The summed E-state index contributed by atoms with van der Waals surface area (Å²) in [5.74, 6) is 5.54. The highest BCUT2D eigenvalue weighted by Gasteiger charge is 2.41. The normalized spacial score (nSPS) is 31.3. The molecule has 0 amide bonds. The SMILES string of the molecule is CCSc1ncccc1CNc1ncc(C#N)c(NC[C@@H]2CC3C[C@H](C2)[C@@H](NC[C@H]2CC[C@@](C)(O)CC2)[C@H](C)C3)n1. The summed E-state index contributed by atoms with van der Waals surface area (Å²) in [5, 5.41) is 31.9. The van der Waals surface area contributed by atoms with Crippen LogP contribution in [-0.2, 0) is 6.54 Å². The Morgan fingerprint density at radius 1 is 1.10 bits per heavy atom. The fourth-order valence-electron chi connectivity index (χ4n) is 7.50. The minimum absolute atomic E-state index is 0.464. The van der Waals surface area contributed by atoms with Crippen LogP contribution in [0.5, 0.6) is 0 Å². The van der Waals surface area contributed by atoms with E-state index in [1.165, 1.54) is 25.7 Å². The number of rotatable bonds is 11. The number of anilines is 2. The van der Waals surface area contributed by atoms with Gasteiger partial charge in [0, 0.05) is 30.9 Å². The summed E-state index contributed by atoms with van der Waals surface area (Å²) in [5.41, 5.74) is 1.13. The maximum atomic E-state index is 10.3. The van der Waals surface area contributed by atoms with Crippen molar-refractivity contribution in [2.24, 2.45) is 29.6 Å². The van der Waals surface area contributed by atoms with Crippen LogP contribution in [0.25, 0.3) is 0 Å². The Labute approximate surface area is 249 Å². The van der Waals surface area contributed by atoms with Gasteiger partial charge < -0.3 is 21.1 Å². The number of hydrogen-bond acceptors (Lipinski definition) is 9. The van der Waals surface area contributed by atoms with Crippen LogP contribution >= 0.6 is 11.8 Å². The predicted octanol–water partition coefficient (Wildman–Crippen LogP) is 5.85. The lowest BCUT2D eigenvalue weighted by atomic mass is 9.62. The molecule has 1 unspecified atom stereocenters. The zero-order valence-corrected chi connectivity index (χ0v) is 25.7.